The number of rotatable bonds is 1. The molecule has 3 heterocycles. The van der Waals surface area contributed by atoms with Crippen molar-refractivity contribution in [3.63, 3.8) is 0 Å². The number of nitrogens with one attached hydrogen (secondary N) is 1. The van der Waals surface area contributed by atoms with Crippen LogP contribution in [-0.4, -0.2) is 19.9 Å². The molecule has 3 aromatic rings. The Bertz CT molecular complexity index is 648. The third kappa shape index (κ3) is 2.33. The fraction of sp³-hybridized carbons (Fsp3) is 0.154. The molecule has 18 heavy (non-hydrogen) atoms. The highest BCUT2D eigenvalue weighted by Crippen LogP contribution is 2.25. The van der Waals surface area contributed by atoms with Gasteiger partial charge in [-0.05, 0) is 29.8 Å². The smallest absolute Gasteiger partial charge is 0.222 e. The molecule has 0 fully saturated rings. The van der Waals surface area contributed by atoms with Gasteiger partial charge in [-0.3, -0.25) is 0 Å². The third-order valence-electron chi connectivity index (χ3n) is 2.36. The number of aromatic nitrogens is 4. The lowest BCUT2D eigenvalue weighted by Crippen LogP contribution is -1.88. The molecule has 0 saturated carbocycles. The normalized spacial score (nSPS) is 9.94. The van der Waals surface area contributed by atoms with Gasteiger partial charge in [0.05, 0.1) is 5.69 Å². The summed E-state index contributed by atoms with van der Waals surface area (Å²) >= 11 is 5.77. The van der Waals surface area contributed by atoms with E-state index >= 15 is 0 Å². The first-order chi connectivity index (χ1) is 8.84. The second kappa shape index (κ2) is 5.60. The monoisotopic (exact) mass is 260 g/mol. The zero-order valence-electron chi connectivity index (χ0n) is 10.2. The summed E-state index contributed by atoms with van der Waals surface area (Å²) in [6.07, 6.45) is 5.23. The fourth-order valence-corrected chi connectivity index (χ4v) is 1.82. The number of hydrogen-bond donors (Lipinski definition) is 1. The highest BCUT2D eigenvalue weighted by molar-refractivity contribution is 6.28. The van der Waals surface area contributed by atoms with Gasteiger partial charge in [0.15, 0.2) is 0 Å². The number of aromatic amines is 1. The van der Waals surface area contributed by atoms with Crippen molar-refractivity contribution in [2.45, 2.75) is 13.8 Å². The lowest BCUT2D eigenvalue weighted by atomic mass is 10.1. The third-order valence-corrected chi connectivity index (χ3v) is 2.54. The molecule has 0 bridgehead atoms. The predicted molar refractivity (Wildman–Crippen MR) is 73.5 cm³/mol. The summed E-state index contributed by atoms with van der Waals surface area (Å²) in [5, 5.41) is 1.27. The molecule has 0 aliphatic heterocycles. The summed E-state index contributed by atoms with van der Waals surface area (Å²) in [6.45, 7) is 4.00. The quantitative estimate of drug-likeness (QED) is 0.679. The summed E-state index contributed by atoms with van der Waals surface area (Å²) in [5.41, 5.74) is 2.63. The predicted octanol–water partition coefficient (Wildman–Crippen LogP) is 3.70. The van der Waals surface area contributed by atoms with E-state index < -0.39 is 0 Å². The van der Waals surface area contributed by atoms with Crippen molar-refractivity contribution in [1.82, 2.24) is 19.9 Å². The maximum Gasteiger partial charge on any atom is 0.222 e. The molecule has 4 nitrogen and oxygen atoms in total. The Hall–Kier alpha value is -1.94. The fourth-order valence-electron chi connectivity index (χ4n) is 1.67. The number of H-pyrrole nitrogens is 1. The van der Waals surface area contributed by atoms with E-state index in [1.807, 2.05) is 38.2 Å². The summed E-state index contributed by atoms with van der Waals surface area (Å²) in [6, 6.07) is 5.70. The number of fused-ring (bicyclic) bond motifs is 1. The Kier molecular flexibility index (Phi) is 3.89. The average Bonchev–Trinajstić information content (AvgIpc) is 2.89. The van der Waals surface area contributed by atoms with Crippen LogP contribution in [0.25, 0.3) is 22.3 Å². The van der Waals surface area contributed by atoms with E-state index in [0.717, 1.165) is 22.3 Å². The van der Waals surface area contributed by atoms with Crippen molar-refractivity contribution in [3.8, 4) is 11.3 Å². The van der Waals surface area contributed by atoms with Crippen LogP contribution in [0.4, 0.5) is 0 Å². The summed E-state index contributed by atoms with van der Waals surface area (Å²) in [5.74, 6) is 0. The molecule has 0 saturated heterocycles. The lowest BCUT2D eigenvalue weighted by Gasteiger charge is -2.01. The largest absolute Gasteiger partial charge is 0.346 e. The van der Waals surface area contributed by atoms with Crippen molar-refractivity contribution >= 4 is 22.6 Å². The Morgan fingerprint density at radius 2 is 1.83 bits per heavy atom. The zero-order valence-corrected chi connectivity index (χ0v) is 10.9. The lowest BCUT2D eigenvalue weighted by molar-refractivity contribution is 1.17. The van der Waals surface area contributed by atoms with Crippen LogP contribution in [0.15, 0.2) is 36.8 Å². The van der Waals surface area contributed by atoms with Gasteiger partial charge in [-0.15, -0.1) is 0 Å². The van der Waals surface area contributed by atoms with Gasteiger partial charge in [0.2, 0.25) is 5.28 Å². The molecule has 5 heteroatoms. The van der Waals surface area contributed by atoms with Gasteiger partial charge in [-0.2, -0.15) is 0 Å². The van der Waals surface area contributed by atoms with Crippen molar-refractivity contribution in [2.24, 2.45) is 0 Å². The molecule has 3 rings (SSSR count). The second-order valence-electron chi connectivity index (χ2n) is 3.31. The first kappa shape index (κ1) is 12.5. The van der Waals surface area contributed by atoms with E-state index in [-0.39, 0.29) is 5.28 Å². The Morgan fingerprint density at radius 3 is 2.61 bits per heavy atom. The minimum absolute atomic E-state index is 0.248. The maximum absolute atomic E-state index is 5.77. The van der Waals surface area contributed by atoms with Crippen LogP contribution in [0.3, 0.4) is 0 Å². The molecule has 3 aromatic heterocycles. The summed E-state index contributed by atoms with van der Waals surface area (Å²) < 4.78 is 0. The van der Waals surface area contributed by atoms with Crippen molar-refractivity contribution in [2.75, 3.05) is 0 Å². The van der Waals surface area contributed by atoms with Gasteiger partial charge in [-0.25, -0.2) is 15.0 Å². The molecule has 0 amide bonds. The van der Waals surface area contributed by atoms with E-state index in [9.17, 15) is 0 Å². The molecule has 0 spiro atoms. The van der Waals surface area contributed by atoms with Crippen LogP contribution < -0.4 is 0 Å². The molecular formula is C13H13ClN4. The van der Waals surface area contributed by atoms with Crippen LogP contribution in [0, 0.1) is 0 Å². The maximum atomic E-state index is 5.77. The Balaban J connectivity index is 0.000000574. The van der Waals surface area contributed by atoms with Crippen molar-refractivity contribution in [1.29, 1.82) is 0 Å². The molecule has 0 aliphatic carbocycles. The standard InChI is InChI=1S/C11H7ClN4.C2H6/c12-11-15-6-3-9(16-11)7-1-4-13-10-8(7)2-5-14-10;1-2/h1-6H,(H,13,14);1-2H3. The van der Waals surface area contributed by atoms with Crippen LogP contribution in [0.2, 0.25) is 5.28 Å². The summed E-state index contributed by atoms with van der Waals surface area (Å²) in [7, 11) is 0. The summed E-state index contributed by atoms with van der Waals surface area (Å²) in [4.78, 5) is 15.3. The first-order valence-electron chi connectivity index (χ1n) is 5.75. The van der Waals surface area contributed by atoms with Gasteiger partial charge in [0.25, 0.3) is 0 Å². The van der Waals surface area contributed by atoms with E-state index in [2.05, 4.69) is 19.9 Å². The van der Waals surface area contributed by atoms with Crippen LogP contribution >= 0.6 is 11.6 Å². The minimum atomic E-state index is 0.248. The second-order valence-corrected chi connectivity index (χ2v) is 3.65. The number of pyridine rings is 1. The molecular weight excluding hydrogens is 248 g/mol. The molecule has 0 aliphatic rings. The van der Waals surface area contributed by atoms with Gasteiger partial charge in [0, 0.05) is 29.5 Å². The average molecular weight is 261 g/mol. The molecule has 0 radical (unpaired) electrons. The van der Waals surface area contributed by atoms with E-state index in [0.29, 0.717) is 0 Å². The van der Waals surface area contributed by atoms with Gasteiger partial charge in [0.1, 0.15) is 5.65 Å². The highest BCUT2D eigenvalue weighted by Gasteiger charge is 2.06. The Labute approximate surface area is 110 Å². The highest BCUT2D eigenvalue weighted by atomic mass is 35.5. The molecule has 92 valence electrons. The SMILES string of the molecule is CC.Clc1nccc(-c2ccnc3[nH]ccc23)n1. The molecule has 1 N–H and O–H groups in total. The molecule has 0 atom stereocenters. The van der Waals surface area contributed by atoms with Gasteiger partial charge < -0.3 is 4.98 Å². The number of halogens is 1. The van der Waals surface area contributed by atoms with E-state index in [1.54, 1.807) is 12.4 Å². The first-order valence-corrected chi connectivity index (χ1v) is 6.13. The van der Waals surface area contributed by atoms with Crippen molar-refractivity contribution in [3.05, 3.63) is 42.1 Å². The van der Waals surface area contributed by atoms with Gasteiger partial charge in [-0.1, -0.05) is 13.8 Å². The minimum Gasteiger partial charge on any atom is -0.346 e. The number of hydrogen-bond acceptors (Lipinski definition) is 3. The van der Waals surface area contributed by atoms with Crippen LogP contribution in [-0.2, 0) is 0 Å². The number of nitrogens with zero attached hydrogens (tertiary/aromatic N) is 3. The van der Waals surface area contributed by atoms with Gasteiger partial charge >= 0.3 is 0 Å². The van der Waals surface area contributed by atoms with Crippen molar-refractivity contribution < 1.29 is 0 Å². The van der Waals surface area contributed by atoms with E-state index in [4.69, 9.17) is 11.6 Å². The Morgan fingerprint density at radius 1 is 1.06 bits per heavy atom. The molecule has 0 aromatic carbocycles. The topological polar surface area (TPSA) is 54.5 Å². The van der Waals surface area contributed by atoms with E-state index in [1.165, 1.54) is 0 Å². The molecule has 0 unspecified atom stereocenters. The van der Waals surface area contributed by atoms with Crippen LogP contribution in [0.1, 0.15) is 13.8 Å². The zero-order chi connectivity index (χ0) is 13.0. The van der Waals surface area contributed by atoms with Crippen LogP contribution in [0.5, 0.6) is 0 Å².